The van der Waals surface area contributed by atoms with E-state index in [1.165, 1.54) is 0 Å². The van der Waals surface area contributed by atoms with E-state index >= 15 is 0 Å². The fourth-order valence-electron chi connectivity index (χ4n) is 2.85. The average molecular weight is 225 g/mol. The van der Waals surface area contributed by atoms with Crippen LogP contribution in [0.4, 0.5) is 0 Å². The maximum absolute atomic E-state index is 12.1. The highest BCUT2D eigenvalue weighted by Crippen LogP contribution is 2.38. The summed E-state index contributed by atoms with van der Waals surface area (Å²) in [5.74, 6) is -1.21. The van der Waals surface area contributed by atoms with Crippen LogP contribution in [-0.2, 0) is 9.59 Å². The number of nitrogens with zero attached hydrogens (tertiary/aromatic N) is 1. The van der Waals surface area contributed by atoms with E-state index in [9.17, 15) is 19.7 Å². The fourth-order valence-corrected chi connectivity index (χ4v) is 2.85. The summed E-state index contributed by atoms with van der Waals surface area (Å²) in [6.45, 7) is 0. The summed E-state index contributed by atoms with van der Waals surface area (Å²) < 4.78 is 0. The number of carbonyl (C=O) groups is 2. The smallest absolute Gasteiger partial charge is 0.280 e. The van der Waals surface area contributed by atoms with Crippen molar-refractivity contribution in [1.82, 2.24) is 0 Å². The lowest BCUT2D eigenvalue weighted by Gasteiger charge is -2.33. The molecule has 2 saturated carbocycles. The van der Waals surface area contributed by atoms with Crippen LogP contribution >= 0.6 is 0 Å². The Kier molecular flexibility index (Phi) is 2.78. The van der Waals surface area contributed by atoms with Gasteiger partial charge in [-0.1, -0.05) is 12.8 Å². The van der Waals surface area contributed by atoms with E-state index in [1.807, 2.05) is 0 Å². The first-order valence-corrected chi connectivity index (χ1v) is 5.79. The van der Waals surface area contributed by atoms with Crippen LogP contribution in [0.25, 0.3) is 0 Å². The van der Waals surface area contributed by atoms with Gasteiger partial charge in [-0.2, -0.15) is 0 Å². The molecule has 2 aliphatic rings. The zero-order valence-electron chi connectivity index (χ0n) is 9.11. The van der Waals surface area contributed by atoms with E-state index in [0.29, 0.717) is 19.3 Å². The van der Waals surface area contributed by atoms with Gasteiger partial charge in [-0.05, 0) is 12.8 Å². The van der Waals surface area contributed by atoms with Crippen LogP contribution in [0.15, 0.2) is 0 Å². The van der Waals surface area contributed by atoms with Gasteiger partial charge in [0.05, 0.1) is 5.92 Å². The standard InChI is InChI=1S/C11H15NO4/c13-9-5-7-11(12(15)16)6-3-1-2-4-8(9)10(11)14/h8H,1-7H2. The van der Waals surface area contributed by atoms with Gasteiger partial charge in [0.2, 0.25) is 5.78 Å². The second-order valence-electron chi connectivity index (χ2n) is 4.77. The largest absolute Gasteiger partial charge is 0.299 e. The first-order chi connectivity index (χ1) is 7.58. The van der Waals surface area contributed by atoms with Gasteiger partial charge < -0.3 is 0 Å². The van der Waals surface area contributed by atoms with E-state index in [2.05, 4.69) is 0 Å². The lowest BCUT2D eigenvalue weighted by atomic mass is 9.68. The molecule has 0 N–H and O–H groups in total. The lowest BCUT2D eigenvalue weighted by Crippen LogP contribution is -2.55. The number of Topliss-reactive ketones (excluding diaryl/α,β-unsaturated/α-hetero) is 2. The highest BCUT2D eigenvalue weighted by Gasteiger charge is 2.57. The molecule has 0 spiro atoms. The molecule has 16 heavy (non-hydrogen) atoms. The van der Waals surface area contributed by atoms with Gasteiger partial charge in [0.15, 0.2) is 0 Å². The van der Waals surface area contributed by atoms with Gasteiger partial charge in [-0.15, -0.1) is 0 Å². The van der Waals surface area contributed by atoms with Crippen molar-refractivity contribution in [3.8, 4) is 0 Å². The number of rotatable bonds is 1. The van der Waals surface area contributed by atoms with Crippen molar-refractivity contribution in [2.45, 2.75) is 50.5 Å². The van der Waals surface area contributed by atoms with Crippen molar-refractivity contribution in [2.24, 2.45) is 5.92 Å². The molecule has 2 unspecified atom stereocenters. The summed E-state index contributed by atoms with van der Waals surface area (Å²) in [7, 11) is 0. The first-order valence-electron chi connectivity index (χ1n) is 5.79. The van der Waals surface area contributed by atoms with Crippen LogP contribution in [0, 0.1) is 16.0 Å². The molecule has 0 aromatic carbocycles. The molecule has 2 fully saturated rings. The molecule has 0 amide bonds. The summed E-state index contributed by atoms with van der Waals surface area (Å²) in [5, 5.41) is 11.1. The highest BCUT2D eigenvalue weighted by molar-refractivity contribution is 6.08. The van der Waals surface area contributed by atoms with Crippen molar-refractivity contribution < 1.29 is 14.5 Å². The molecule has 2 bridgehead atoms. The van der Waals surface area contributed by atoms with Crippen molar-refractivity contribution in [1.29, 1.82) is 0 Å². The Morgan fingerprint density at radius 3 is 2.62 bits per heavy atom. The Balaban J connectivity index is 2.37. The highest BCUT2D eigenvalue weighted by atomic mass is 16.6. The van der Waals surface area contributed by atoms with Crippen molar-refractivity contribution in [2.75, 3.05) is 0 Å². The summed E-state index contributed by atoms with van der Waals surface area (Å²) >= 11 is 0. The summed E-state index contributed by atoms with van der Waals surface area (Å²) in [5.41, 5.74) is -1.45. The van der Waals surface area contributed by atoms with Gasteiger partial charge in [-0.3, -0.25) is 19.7 Å². The fraction of sp³-hybridized carbons (Fsp3) is 0.818. The third-order valence-electron chi connectivity index (χ3n) is 3.88. The molecule has 0 aromatic heterocycles. The lowest BCUT2D eigenvalue weighted by molar-refractivity contribution is -0.556. The molecule has 2 aliphatic carbocycles. The average Bonchev–Trinajstić information content (AvgIpc) is 2.23. The zero-order valence-corrected chi connectivity index (χ0v) is 9.11. The van der Waals surface area contributed by atoms with E-state index in [0.717, 1.165) is 12.8 Å². The summed E-state index contributed by atoms with van der Waals surface area (Å²) in [4.78, 5) is 34.4. The molecule has 0 saturated heterocycles. The molecule has 5 heteroatoms. The molecule has 0 heterocycles. The number of carbonyl (C=O) groups excluding carboxylic acids is 2. The summed E-state index contributed by atoms with van der Waals surface area (Å²) in [6, 6.07) is 0. The van der Waals surface area contributed by atoms with Gasteiger partial charge in [-0.25, -0.2) is 0 Å². The maximum atomic E-state index is 12.1. The first kappa shape index (κ1) is 11.2. The second kappa shape index (κ2) is 3.96. The normalized spacial score (nSPS) is 35.4. The minimum atomic E-state index is -1.45. The second-order valence-corrected chi connectivity index (χ2v) is 4.77. The van der Waals surface area contributed by atoms with Gasteiger partial charge in [0.25, 0.3) is 5.54 Å². The van der Waals surface area contributed by atoms with Crippen LogP contribution in [0.1, 0.15) is 44.9 Å². The molecule has 0 aromatic rings. The van der Waals surface area contributed by atoms with E-state index in [1.54, 1.807) is 0 Å². The number of fused-ring (bicyclic) bond motifs is 2. The van der Waals surface area contributed by atoms with Crippen LogP contribution < -0.4 is 0 Å². The SMILES string of the molecule is O=C1CCC2([N+](=O)[O-])CCCCCC1C2=O. The molecule has 88 valence electrons. The number of nitro groups is 1. The number of hydrogen-bond acceptors (Lipinski definition) is 4. The summed E-state index contributed by atoms with van der Waals surface area (Å²) in [6.07, 6.45) is 3.54. The molecule has 0 aliphatic heterocycles. The van der Waals surface area contributed by atoms with Crippen LogP contribution in [0.5, 0.6) is 0 Å². The quantitative estimate of drug-likeness (QED) is 0.385. The van der Waals surface area contributed by atoms with Crippen LogP contribution in [0.2, 0.25) is 0 Å². The molecule has 2 atom stereocenters. The van der Waals surface area contributed by atoms with Crippen LogP contribution in [-0.4, -0.2) is 22.0 Å². The van der Waals surface area contributed by atoms with Crippen LogP contribution in [0.3, 0.4) is 0 Å². The third kappa shape index (κ3) is 1.54. The molecule has 5 nitrogen and oxygen atoms in total. The predicted octanol–water partition coefficient (Wildman–Crippen LogP) is 1.51. The minimum absolute atomic E-state index is 0.0932. The Morgan fingerprint density at radius 2 is 1.94 bits per heavy atom. The maximum Gasteiger partial charge on any atom is 0.280 e. The van der Waals surface area contributed by atoms with Crippen molar-refractivity contribution in [3.63, 3.8) is 0 Å². The molecular weight excluding hydrogens is 210 g/mol. The van der Waals surface area contributed by atoms with Gasteiger partial charge in [0.1, 0.15) is 5.78 Å². The Hall–Kier alpha value is -1.26. The predicted molar refractivity (Wildman–Crippen MR) is 55.5 cm³/mol. The third-order valence-corrected chi connectivity index (χ3v) is 3.88. The molecule has 2 rings (SSSR count). The Morgan fingerprint density at radius 1 is 1.19 bits per heavy atom. The van der Waals surface area contributed by atoms with E-state index in [-0.39, 0.29) is 18.6 Å². The van der Waals surface area contributed by atoms with Crippen molar-refractivity contribution >= 4 is 11.6 Å². The monoisotopic (exact) mass is 225 g/mol. The topological polar surface area (TPSA) is 77.3 Å². The van der Waals surface area contributed by atoms with E-state index in [4.69, 9.17) is 0 Å². The number of hydrogen-bond donors (Lipinski definition) is 0. The zero-order chi connectivity index (χ0) is 11.8. The van der Waals surface area contributed by atoms with Gasteiger partial charge >= 0.3 is 0 Å². The van der Waals surface area contributed by atoms with Crippen molar-refractivity contribution in [3.05, 3.63) is 10.1 Å². The Labute approximate surface area is 93.4 Å². The molecular formula is C11H15NO4. The Bertz CT molecular complexity index is 352. The number of ketones is 2. The molecule has 0 radical (unpaired) electrons. The van der Waals surface area contributed by atoms with E-state index < -0.39 is 22.2 Å². The van der Waals surface area contributed by atoms with Gasteiger partial charge in [0, 0.05) is 24.2 Å². The minimum Gasteiger partial charge on any atom is -0.299 e.